The fraction of sp³-hybridized carbons (Fsp3) is 0.905. The van der Waals surface area contributed by atoms with Crippen LogP contribution in [0, 0.1) is 29.6 Å². The van der Waals surface area contributed by atoms with Crippen LogP contribution >= 0.6 is 0 Å². The summed E-state index contributed by atoms with van der Waals surface area (Å²) in [6.07, 6.45) is 12.6. The van der Waals surface area contributed by atoms with Gasteiger partial charge in [-0.2, -0.15) is 0 Å². The Kier molecular flexibility index (Phi) is 6.20. The Labute approximate surface area is 143 Å². The minimum absolute atomic E-state index is 0.0958. The topological polar surface area (TPSA) is 18.5 Å². The van der Waals surface area contributed by atoms with Gasteiger partial charge in [-0.15, -0.1) is 6.58 Å². The van der Waals surface area contributed by atoms with E-state index in [1.54, 1.807) is 0 Å². The maximum Gasteiger partial charge on any atom is 0.160 e. The molecule has 0 radical (unpaired) electrons. The molecule has 2 nitrogen and oxygen atoms in total. The second kappa shape index (κ2) is 8.16. The largest absolute Gasteiger partial charge is 0.352 e. The molecular formula is C21H36O2. The van der Waals surface area contributed by atoms with Crippen molar-refractivity contribution < 1.29 is 9.47 Å². The lowest BCUT2D eigenvalue weighted by molar-refractivity contribution is -0.227. The second-order valence-corrected chi connectivity index (χ2v) is 8.76. The number of ether oxygens (including phenoxy) is 2. The van der Waals surface area contributed by atoms with Crippen molar-refractivity contribution in [1.82, 2.24) is 0 Å². The van der Waals surface area contributed by atoms with Crippen molar-refractivity contribution in [2.45, 2.75) is 77.9 Å². The summed E-state index contributed by atoms with van der Waals surface area (Å²) >= 11 is 0. The Morgan fingerprint density at radius 1 is 0.826 bits per heavy atom. The molecule has 23 heavy (non-hydrogen) atoms. The maximum atomic E-state index is 5.93. The van der Waals surface area contributed by atoms with E-state index in [1.807, 2.05) is 0 Å². The van der Waals surface area contributed by atoms with Gasteiger partial charge in [-0.1, -0.05) is 12.5 Å². The third kappa shape index (κ3) is 4.82. The molecule has 0 aromatic rings. The highest BCUT2D eigenvalue weighted by atomic mass is 16.7. The molecule has 3 aliphatic rings. The van der Waals surface area contributed by atoms with Crippen molar-refractivity contribution in [3.8, 4) is 0 Å². The van der Waals surface area contributed by atoms with E-state index in [0.29, 0.717) is 11.8 Å². The average molecular weight is 321 g/mol. The van der Waals surface area contributed by atoms with Gasteiger partial charge in [0.15, 0.2) is 6.29 Å². The van der Waals surface area contributed by atoms with Crippen LogP contribution in [0.3, 0.4) is 0 Å². The molecule has 0 amide bonds. The van der Waals surface area contributed by atoms with E-state index in [1.165, 1.54) is 63.4 Å². The minimum Gasteiger partial charge on any atom is -0.352 e. The Balaban J connectivity index is 1.39. The summed E-state index contributed by atoms with van der Waals surface area (Å²) in [5.74, 6) is 4.10. The molecule has 2 aliphatic carbocycles. The third-order valence-corrected chi connectivity index (χ3v) is 6.49. The lowest BCUT2D eigenvalue weighted by atomic mass is 9.68. The van der Waals surface area contributed by atoms with Gasteiger partial charge in [-0.3, -0.25) is 0 Å². The SMILES string of the molecule is C=C(C)CC1CCC(C2CCC(C3OCC(C)CO3)CC2)CC1. The zero-order valence-corrected chi connectivity index (χ0v) is 15.3. The van der Waals surface area contributed by atoms with E-state index >= 15 is 0 Å². The van der Waals surface area contributed by atoms with E-state index in [-0.39, 0.29) is 6.29 Å². The van der Waals surface area contributed by atoms with Crippen molar-refractivity contribution in [1.29, 1.82) is 0 Å². The van der Waals surface area contributed by atoms with Crippen LogP contribution in [-0.4, -0.2) is 19.5 Å². The zero-order valence-electron chi connectivity index (χ0n) is 15.3. The van der Waals surface area contributed by atoms with Crippen molar-refractivity contribution in [3.63, 3.8) is 0 Å². The highest BCUT2D eigenvalue weighted by molar-refractivity contribution is 4.92. The van der Waals surface area contributed by atoms with Crippen molar-refractivity contribution in [2.75, 3.05) is 13.2 Å². The van der Waals surface area contributed by atoms with Gasteiger partial charge in [0.25, 0.3) is 0 Å². The number of hydrogen-bond donors (Lipinski definition) is 0. The normalized spacial score (nSPS) is 42.3. The summed E-state index contributed by atoms with van der Waals surface area (Å²) in [7, 11) is 0. The first-order chi connectivity index (χ1) is 11.1. The highest BCUT2D eigenvalue weighted by Crippen LogP contribution is 2.43. The number of rotatable bonds is 4. The van der Waals surface area contributed by atoms with Crippen LogP contribution in [0.1, 0.15) is 71.6 Å². The molecule has 1 aliphatic heterocycles. The summed E-state index contributed by atoms with van der Waals surface area (Å²) in [6.45, 7) is 10.3. The first-order valence-corrected chi connectivity index (χ1v) is 9.99. The van der Waals surface area contributed by atoms with Gasteiger partial charge in [-0.05, 0) is 82.5 Å². The smallest absolute Gasteiger partial charge is 0.160 e. The van der Waals surface area contributed by atoms with E-state index < -0.39 is 0 Å². The molecular weight excluding hydrogens is 284 g/mol. The van der Waals surface area contributed by atoms with Gasteiger partial charge in [0.2, 0.25) is 0 Å². The van der Waals surface area contributed by atoms with Gasteiger partial charge in [0.05, 0.1) is 13.2 Å². The summed E-state index contributed by atoms with van der Waals surface area (Å²) in [4.78, 5) is 0. The van der Waals surface area contributed by atoms with Crippen LogP contribution in [0.5, 0.6) is 0 Å². The molecule has 0 unspecified atom stereocenters. The molecule has 132 valence electrons. The highest BCUT2D eigenvalue weighted by Gasteiger charge is 2.35. The summed E-state index contributed by atoms with van der Waals surface area (Å²) in [5, 5.41) is 0. The molecule has 0 bridgehead atoms. The molecule has 0 atom stereocenters. The Bertz CT molecular complexity index is 367. The Morgan fingerprint density at radius 3 is 1.83 bits per heavy atom. The number of hydrogen-bond acceptors (Lipinski definition) is 2. The molecule has 0 aromatic heterocycles. The van der Waals surface area contributed by atoms with Crippen LogP contribution in [0.4, 0.5) is 0 Å². The lowest BCUT2D eigenvalue weighted by Gasteiger charge is -2.40. The van der Waals surface area contributed by atoms with E-state index in [4.69, 9.17) is 9.47 Å². The first-order valence-electron chi connectivity index (χ1n) is 9.99. The standard InChI is InChI=1S/C21H36O2/c1-15(2)12-17-4-6-18(7-5-17)19-8-10-20(11-9-19)21-22-13-16(3)14-23-21/h16-21H,1,4-14H2,2-3H3. The Hall–Kier alpha value is -0.340. The van der Waals surface area contributed by atoms with Gasteiger partial charge < -0.3 is 9.47 Å². The van der Waals surface area contributed by atoms with Gasteiger partial charge >= 0.3 is 0 Å². The quantitative estimate of drug-likeness (QED) is 0.630. The van der Waals surface area contributed by atoms with Crippen LogP contribution < -0.4 is 0 Å². The minimum atomic E-state index is 0.0958. The summed E-state index contributed by atoms with van der Waals surface area (Å²) < 4.78 is 11.9. The van der Waals surface area contributed by atoms with Crippen LogP contribution in [0.15, 0.2) is 12.2 Å². The predicted octanol–water partition coefficient (Wildman–Crippen LogP) is 5.57. The fourth-order valence-corrected chi connectivity index (χ4v) is 5.13. The molecule has 0 aromatic carbocycles. The zero-order chi connectivity index (χ0) is 16.2. The molecule has 3 rings (SSSR count). The molecule has 2 heteroatoms. The Morgan fingerprint density at radius 2 is 1.30 bits per heavy atom. The first kappa shape index (κ1) is 17.5. The maximum absolute atomic E-state index is 5.93. The lowest BCUT2D eigenvalue weighted by Crippen LogP contribution is -2.38. The average Bonchev–Trinajstić information content (AvgIpc) is 2.56. The molecule has 0 spiro atoms. The van der Waals surface area contributed by atoms with E-state index in [0.717, 1.165) is 31.0 Å². The molecule has 0 N–H and O–H groups in total. The van der Waals surface area contributed by atoms with Crippen molar-refractivity contribution in [2.24, 2.45) is 29.6 Å². The molecule has 1 heterocycles. The van der Waals surface area contributed by atoms with Gasteiger partial charge in [-0.25, -0.2) is 0 Å². The van der Waals surface area contributed by atoms with Gasteiger partial charge in [0, 0.05) is 11.8 Å². The number of allylic oxidation sites excluding steroid dienone is 1. The summed E-state index contributed by atoms with van der Waals surface area (Å²) in [5.41, 5.74) is 1.37. The van der Waals surface area contributed by atoms with Gasteiger partial charge in [0.1, 0.15) is 0 Å². The third-order valence-electron chi connectivity index (χ3n) is 6.49. The van der Waals surface area contributed by atoms with Crippen LogP contribution in [0.25, 0.3) is 0 Å². The predicted molar refractivity (Wildman–Crippen MR) is 95.2 cm³/mol. The van der Waals surface area contributed by atoms with Crippen molar-refractivity contribution in [3.05, 3.63) is 12.2 Å². The fourth-order valence-electron chi connectivity index (χ4n) is 5.13. The monoisotopic (exact) mass is 320 g/mol. The summed E-state index contributed by atoms with van der Waals surface area (Å²) in [6, 6.07) is 0. The molecule has 2 saturated carbocycles. The molecule has 3 fully saturated rings. The van der Waals surface area contributed by atoms with Crippen molar-refractivity contribution >= 4 is 0 Å². The molecule has 1 saturated heterocycles. The second-order valence-electron chi connectivity index (χ2n) is 8.76. The van der Waals surface area contributed by atoms with Crippen LogP contribution in [-0.2, 0) is 9.47 Å². The van der Waals surface area contributed by atoms with E-state index in [9.17, 15) is 0 Å². The van der Waals surface area contributed by atoms with Crippen LogP contribution in [0.2, 0.25) is 0 Å². The van der Waals surface area contributed by atoms with E-state index in [2.05, 4.69) is 20.4 Å².